The monoisotopic (exact) mass is 270 g/mol. The molecule has 1 fully saturated rings. The molecule has 2 nitrogen and oxygen atoms in total. The fourth-order valence-electron chi connectivity index (χ4n) is 2.12. The second-order valence-corrected chi connectivity index (χ2v) is 6.31. The average molecular weight is 271 g/mol. The number of anilines is 1. The number of nitrogen functional groups attached to an aromatic ring is 1. The molecule has 1 atom stereocenters. The molecule has 1 aliphatic heterocycles. The van der Waals surface area contributed by atoms with Gasteiger partial charge >= 0.3 is 0 Å². The van der Waals surface area contributed by atoms with Crippen LogP contribution in [0.15, 0.2) is 18.2 Å². The van der Waals surface area contributed by atoms with Gasteiger partial charge in [0.1, 0.15) is 0 Å². The molecule has 0 bridgehead atoms. The van der Waals surface area contributed by atoms with Crippen molar-refractivity contribution >= 4 is 29.1 Å². The Kier molecular flexibility index (Phi) is 4.60. The van der Waals surface area contributed by atoms with E-state index in [2.05, 4.69) is 29.7 Å². The number of rotatable bonds is 3. The largest absolute Gasteiger partial charge is 0.398 e. The van der Waals surface area contributed by atoms with Gasteiger partial charge in [-0.05, 0) is 24.1 Å². The second-order valence-electron chi connectivity index (χ2n) is 4.49. The number of thioether (sulfide) groups is 1. The van der Waals surface area contributed by atoms with Gasteiger partial charge in [0.15, 0.2) is 0 Å². The Balaban J connectivity index is 1.97. The number of nitrogens with two attached hydrogens (primary N) is 1. The molecule has 0 aliphatic carbocycles. The smallest absolute Gasteiger partial charge is 0.0635 e. The van der Waals surface area contributed by atoms with Crippen molar-refractivity contribution in [1.29, 1.82) is 0 Å². The van der Waals surface area contributed by atoms with Gasteiger partial charge in [-0.15, -0.1) is 0 Å². The van der Waals surface area contributed by atoms with E-state index < -0.39 is 0 Å². The molecule has 1 heterocycles. The highest BCUT2D eigenvalue weighted by Gasteiger charge is 2.18. The molecule has 1 unspecified atom stereocenters. The van der Waals surface area contributed by atoms with Crippen LogP contribution in [0.1, 0.15) is 18.9 Å². The zero-order valence-corrected chi connectivity index (χ0v) is 11.7. The number of halogens is 1. The lowest BCUT2D eigenvalue weighted by Crippen LogP contribution is -2.37. The van der Waals surface area contributed by atoms with Crippen LogP contribution in [0.5, 0.6) is 0 Å². The fourth-order valence-corrected chi connectivity index (χ4v) is 3.49. The van der Waals surface area contributed by atoms with Crippen molar-refractivity contribution in [3.05, 3.63) is 28.8 Å². The minimum absolute atomic E-state index is 0.648. The Bertz CT molecular complexity index is 384. The Morgan fingerprint density at radius 2 is 2.35 bits per heavy atom. The average Bonchev–Trinajstić information content (AvgIpc) is 2.34. The summed E-state index contributed by atoms with van der Waals surface area (Å²) in [5, 5.41) is 1.43. The van der Waals surface area contributed by atoms with Crippen LogP contribution in [0.4, 0.5) is 5.69 Å². The van der Waals surface area contributed by atoms with E-state index in [0.717, 1.165) is 11.8 Å². The first-order chi connectivity index (χ1) is 8.19. The summed E-state index contributed by atoms with van der Waals surface area (Å²) in [5.74, 6) is 1.24. The van der Waals surface area contributed by atoms with E-state index in [-0.39, 0.29) is 0 Å². The minimum Gasteiger partial charge on any atom is -0.398 e. The maximum absolute atomic E-state index is 5.93. The van der Waals surface area contributed by atoms with Gasteiger partial charge in [-0.25, -0.2) is 0 Å². The van der Waals surface area contributed by atoms with E-state index in [4.69, 9.17) is 17.3 Å². The van der Waals surface area contributed by atoms with Gasteiger partial charge < -0.3 is 5.73 Å². The zero-order valence-electron chi connectivity index (χ0n) is 10.2. The van der Waals surface area contributed by atoms with Gasteiger partial charge in [-0.1, -0.05) is 24.6 Å². The highest BCUT2D eigenvalue weighted by atomic mass is 35.5. The lowest BCUT2D eigenvalue weighted by atomic mass is 10.2. The molecule has 0 aromatic heterocycles. The van der Waals surface area contributed by atoms with Crippen LogP contribution in [0, 0.1) is 0 Å². The SMILES string of the molecule is CCC1CN(Cc2ccc(Cl)c(N)c2)CCS1. The summed E-state index contributed by atoms with van der Waals surface area (Å²) < 4.78 is 0. The zero-order chi connectivity index (χ0) is 12.3. The van der Waals surface area contributed by atoms with Crippen LogP contribution in [-0.4, -0.2) is 29.0 Å². The first-order valence-corrected chi connectivity index (χ1v) is 7.49. The van der Waals surface area contributed by atoms with E-state index in [1.807, 2.05) is 12.1 Å². The van der Waals surface area contributed by atoms with Crippen molar-refractivity contribution in [2.45, 2.75) is 25.1 Å². The van der Waals surface area contributed by atoms with Gasteiger partial charge in [0.25, 0.3) is 0 Å². The predicted octanol–water partition coefficient (Wildman–Crippen LogP) is 3.25. The highest BCUT2D eigenvalue weighted by Crippen LogP contribution is 2.24. The topological polar surface area (TPSA) is 29.3 Å². The number of nitrogens with zero attached hydrogens (tertiary/aromatic N) is 1. The maximum atomic E-state index is 5.93. The molecular weight excluding hydrogens is 252 g/mol. The Labute approximate surface area is 113 Å². The summed E-state index contributed by atoms with van der Waals surface area (Å²) in [6.45, 7) is 5.60. The van der Waals surface area contributed by atoms with Gasteiger partial charge in [0.05, 0.1) is 10.7 Å². The highest BCUT2D eigenvalue weighted by molar-refractivity contribution is 8.00. The van der Waals surface area contributed by atoms with Crippen LogP contribution in [-0.2, 0) is 6.54 Å². The van der Waals surface area contributed by atoms with Crippen molar-refractivity contribution in [3.63, 3.8) is 0 Å². The van der Waals surface area contributed by atoms with Crippen LogP contribution in [0.2, 0.25) is 5.02 Å². The number of benzene rings is 1. The third-order valence-electron chi connectivity index (χ3n) is 3.14. The molecule has 4 heteroatoms. The van der Waals surface area contributed by atoms with Crippen molar-refractivity contribution in [2.75, 3.05) is 24.6 Å². The van der Waals surface area contributed by atoms with Crippen LogP contribution >= 0.6 is 23.4 Å². The van der Waals surface area contributed by atoms with Gasteiger partial charge in [0.2, 0.25) is 0 Å². The van der Waals surface area contributed by atoms with Gasteiger partial charge in [-0.2, -0.15) is 11.8 Å². The third-order valence-corrected chi connectivity index (χ3v) is 4.86. The Hall–Kier alpha value is -0.380. The number of hydrogen-bond donors (Lipinski definition) is 1. The van der Waals surface area contributed by atoms with Crippen molar-refractivity contribution in [3.8, 4) is 0 Å². The molecule has 0 saturated carbocycles. The lowest BCUT2D eigenvalue weighted by molar-refractivity contribution is 0.273. The van der Waals surface area contributed by atoms with Crippen LogP contribution in [0.3, 0.4) is 0 Å². The first kappa shape index (κ1) is 13.1. The van der Waals surface area contributed by atoms with E-state index in [0.29, 0.717) is 10.7 Å². The molecule has 1 saturated heterocycles. The summed E-state index contributed by atoms with van der Waals surface area (Å²) in [6, 6.07) is 5.95. The summed E-state index contributed by atoms with van der Waals surface area (Å²) >= 11 is 8.02. The molecule has 2 rings (SSSR count). The molecule has 1 aliphatic rings. The molecule has 1 aromatic rings. The van der Waals surface area contributed by atoms with E-state index in [1.54, 1.807) is 0 Å². The molecule has 0 spiro atoms. The Morgan fingerprint density at radius 1 is 1.53 bits per heavy atom. The summed E-state index contributed by atoms with van der Waals surface area (Å²) in [4.78, 5) is 2.51. The molecular formula is C13H19ClN2S. The van der Waals surface area contributed by atoms with E-state index >= 15 is 0 Å². The molecule has 1 aromatic carbocycles. The van der Waals surface area contributed by atoms with Crippen molar-refractivity contribution in [2.24, 2.45) is 0 Å². The van der Waals surface area contributed by atoms with Crippen molar-refractivity contribution < 1.29 is 0 Å². The van der Waals surface area contributed by atoms with Crippen LogP contribution < -0.4 is 5.73 Å². The lowest BCUT2D eigenvalue weighted by Gasteiger charge is -2.31. The predicted molar refractivity (Wildman–Crippen MR) is 77.7 cm³/mol. The third kappa shape index (κ3) is 3.54. The number of hydrogen-bond acceptors (Lipinski definition) is 3. The molecule has 0 radical (unpaired) electrons. The summed E-state index contributed by atoms with van der Waals surface area (Å²) in [5.41, 5.74) is 7.77. The molecule has 0 amide bonds. The second kappa shape index (κ2) is 5.98. The normalized spacial score (nSPS) is 21.6. The van der Waals surface area contributed by atoms with Crippen molar-refractivity contribution in [1.82, 2.24) is 4.90 Å². The minimum atomic E-state index is 0.648. The summed E-state index contributed by atoms with van der Waals surface area (Å²) in [6.07, 6.45) is 1.25. The van der Waals surface area contributed by atoms with Gasteiger partial charge in [-0.3, -0.25) is 4.90 Å². The van der Waals surface area contributed by atoms with E-state index in [9.17, 15) is 0 Å². The maximum Gasteiger partial charge on any atom is 0.0635 e. The summed E-state index contributed by atoms with van der Waals surface area (Å²) in [7, 11) is 0. The van der Waals surface area contributed by atoms with Gasteiger partial charge in [0, 0.05) is 30.6 Å². The standard InChI is InChI=1S/C13H19ClN2S/c1-2-11-9-16(5-6-17-11)8-10-3-4-12(14)13(15)7-10/h3-4,7,11H,2,5-6,8-9,15H2,1H3. The first-order valence-electron chi connectivity index (χ1n) is 6.07. The fraction of sp³-hybridized carbons (Fsp3) is 0.538. The quantitative estimate of drug-likeness (QED) is 0.855. The Morgan fingerprint density at radius 3 is 3.06 bits per heavy atom. The van der Waals surface area contributed by atoms with Crippen LogP contribution in [0.25, 0.3) is 0 Å². The molecule has 17 heavy (non-hydrogen) atoms. The van der Waals surface area contributed by atoms with E-state index in [1.165, 1.54) is 30.8 Å². The molecule has 2 N–H and O–H groups in total. The molecule has 94 valence electrons.